The van der Waals surface area contributed by atoms with Crippen LogP contribution in [0.25, 0.3) is 11.4 Å². The number of rotatable bonds is 4. The van der Waals surface area contributed by atoms with E-state index in [0.717, 1.165) is 31.2 Å². The number of aromatic amines is 1. The van der Waals surface area contributed by atoms with Crippen molar-refractivity contribution >= 4 is 21.4 Å². The third-order valence-corrected chi connectivity index (χ3v) is 5.73. The van der Waals surface area contributed by atoms with Crippen LogP contribution in [0.3, 0.4) is 0 Å². The summed E-state index contributed by atoms with van der Waals surface area (Å²) in [6.45, 7) is 0. The normalized spacial score (nSPS) is 16.4. The summed E-state index contributed by atoms with van der Waals surface area (Å²) >= 11 is 5.83. The fourth-order valence-corrected chi connectivity index (χ4v) is 4.33. The van der Waals surface area contributed by atoms with Crippen molar-refractivity contribution < 1.29 is 8.42 Å². The number of benzene rings is 1. The maximum absolute atomic E-state index is 12.3. The van der Waals surface area contributed by atoms with Crippen molar-refractivity contribution in [2.45, 2.75) is 30.8 Å². The molecule has 1 aromatic heterocycles. The number of H-pyrrole nitrogens is 1. The molecule has 1 heterocycles. The molecule has 0 saturated heterocycles. The minimum absolute atomic E-state index is 0.0423. The van der Waals surface area contributed by atoms with Crippen molar-refractivity contribution in [2.75, 3.05) is 5.75 Å². The zero-order valence-electron chi connectivity index (χ0n) is 11.4. The first kappa shape index (κ1) is 14.5. The van der Waals surface area contributed by atoms with Crippen molar-refractivity contribution in [1.82, 2.24) is 15.2 Å². The van der Waals surface area contributed by atoms with Gasteiger partial charge in [-0.05, 0) is 43.0 Å². The molecule has 0 radical (unpaired) electrons. The quantitative estimate of drug-likeness (QED) is 0.937. The first-order chi connectivity index (χ1) is 10.0. The van der Waals surface area contributed by atoms with E-state index in [2.05, 4.69) is 15.2 Å². The Morgan fingerprint density at radius 1 is 1.19 bits per heavy atom. The molecule has 0 bridgehead atoms. The van der Waals surface area contributed by atoms with E-state index in [4.69, 9.17) is 11.6 Å². The fraction of sp³-hybridized carbons (Fsp3) is 0.429. The number of halogens is 1. The summed E-state index contributed by atoms with van der Waals surface area (Å²) in [5.74, 6) is 0.776. The largest absolute Gasteiger partial charge is 0.249 e. The Bertz CT molecular complexity index is 719. The van der Waals surface area contributed by atoms with Crippen molar-refractivity contribution in [1.29, 1.82) is 0 Å². The third-order valence-electron chi connectivity index (χ3n) is 3.79. The predicted octanol–water partition coefficient (Wildman–Crippen LogP) is 3.09. The summed E-state index contributed by atoms with van der Waals surface area (Å²) in [4.78, 5) is 4.13. The third kappa shape index (κ3) is 3.27. The van der Waals surface area contributed by atoms with Crippen molar-refractivity contribution in [2.24, 2.45) is 5.92 Å². The van der Waals surface area contributed by atoms with E-state index in [1.807, 2.05) is 0 Å². The van der Waals surface area contributed by atoms with Gasteiger partial charge in [-0.1, -0.05) is 24.4 Å². The van der Waals surface area contributed by atoms with E-state index < -0.39 is 9.84 Å². The number of sulfone groups is 1. The molecule has 1 fully saturated rings. The first-order valence-corrected chi connectivity index (χ1v) is 8.99. The molecule has 0 atom stereocenters. The molecule has 5 nitrogen and oxygen atoms in total. The van der Waals surface area contributed by atoms with Crippen LogP contribution in [0.4, 0.5) is 0 Å². The van der Waals surface area contributed by atoms with E-state index in [9.17, 15) is 8.42 Å². The Hall–Kier alpha value is -1.40. The zero-order chi connectivity index (χ0) is 14.9. The Morgan fingerprint density at radius 3 is 2.52 bits per heavy atom. The zero-order valence-corrected chi connectivity index (χ0v) is 13.0. The van der Waals surface area contributed by atoms with Gasteiger partial charge in [-0.2, -0.15) is 10.1 Å². The number of hydrogen-bond donors (Lipinski definition) is 1. The summed E-state index contributed by atoms with van der Waals surface area (Å²) in [7, 11) is -3.39. The van der Waals surface area contributed by atoms with Gasteiger partial charge in [0.1, 0.15) is 0 Å². The average molecular weight is 326 g/mol. The molecule has 0 amide bonds. The van der Waals surface area contributed by atoms with Crippen LogP contribution >= 0.6 is 11.6 Å². The lowest BCUT2D eigenvalue weighted by Crippen LogP contribution is -2.15. The lowest BCUT2D eigenvalue weighted by atomic mass is 10.1. The molecule has 3 rings (SSSR count). The Labute approximate surface area is 128 Å². The van der Waals surface area contributed by atoms with Crippen LogP contribution in [0.1, 0.15) is 25.7 Å². The summed E-state index contributed by atoms with van der Waals surface area (Å²) in [5.41, 5.74) is 0.734. The van der Waals surface area contributed by atoms with Crippen LogP contribution in [0.5, 0.6) is 0 Å². The molecule has 1 aliphatic carbocycles. The lowest BCUT2D eigenvalue weighted by molar-refractivity contribution is 0.552. The van der Waals surface area contributed by atoms with Gasteiger partial charge in [-0.3, -0.25) is 0 Å². The molecule has 1 N–H and O–H groups in total. The highest BCUT2D eigenvalue weighted by Crippen LogP contribution is 2.27. The van der Waals surface area contributed by atoms with E-state index in [0.29, 0.717) is 10.8 Å². The second kappa shape index (κ2) is 5.77. The predicted molar refractivity (Wildman–Crippen MR) is 80.8 cm³/mol. The highest BCUT2D eigenvalue weighted by molar-refractivity contribution is 7.91. The Kier molecular flexibility index (Phi) is 3.99. The van der Waals surface area contributed by atoms with Gasteiger partial charge in [0.25, 0.3) is 0 Å². The van der Waals surface area contributed by atoms with Gasteiger partial charge >= 0.3 is 0 Å². The van der Waals surface area contributed by atoms with Gasteiger partial charge < -0.3 is 0 Å². The fourth-order valence-electron chi connectivity index (χ4n) is 2.68. The highest BCUT2D eigenvalue weighted by atomic mass is 35.5. The molecule has 1 aliphatic rings. The van der Waals surface area contributed by atoms with Gasteiger partial charge in [0.05, 0.1) is 5.75 Å². The van der Waals surface area contributed by atoms with Crippen LogP contribution in [-0.2, 0) is 9.84 Å². The standard InChI is InChI=1S/C14H16ClN3O2S/c15-12-7-5-11(6-8-12)13-16-14(18-17-13)21(19,20)9-10-3-1-2-4-10/h5-8,10H,1-4,9H2,(H,16,17,18). The Morgan fingerprint density at radius 2 is 1.86 bits per heavy atom. The molecule has 7 heteroatoms. The van der Waals surface area contributed by atoms with Crippen molar-refractivity contribution in [3.8, 4) is 11.4 Å². The molecule has 1 saturated carbocycles. The summed E-state index contributed by atoms with van der Waals surface area (Å²) in [6, 6.07) is 6.97. The number of aromatic nitrogens is 3. The van der Waals surface area contributed by atoms with Gasteiger partial charge in [0, 0.05) is 10.6 Å². The molecular formula is C14H16ClN3O2S. The van der Waals surface area contributed by atoms with Crippen molar-refractivity contribution in [3.63, 3.8) is 0 Å². The lowest BCUT2D eigenvalue weighted by Gasteiger charge is -2.06. The van der Waals surface area contributed by atoms with Crippen molar-refractivity contribution in [3.05, 3.63) is 29.3 Å². The van der Waals surface area contributed by atoms with Crippen LogP contribution in [-0.4, -0.2) is 29.4 Å². The van der Waals surface area contributed by atoms with E-state index in [-0.39, 0.29) is 16.8 Å². The number of nitrogens with zero attached hydrogens (tertiary/aromatic N) is 2. The highest BCUT2D eigenvalue weighted by Gasteiger charge is 2.26. The molecular weight excluding hydrogens is 310 g/mol. The van der Waals surface area contributed by atoms with E-state index >= 15 is 0 Å². The van der Waals surface area contributed by atoms with E-state index in [1.165, 1.54) is 0 Å². The molecule has 1 aromatic carbocycles. The summed E-state index contributed by atoms with van der Waals surface area (Å²) in [6.07, 6.45) is 4.20. The molecule has 0 aliphatic heterocycles. The first-order valence-electron chi connectivity index (χ1n) is 6.96. The average Bonchev–Trinajstić information content (AvgIpc) is 3.10. The maximum atomic E-state index is 12.3. The smallest absolute Gasteiger partial charge is 0.243 e. The topological polar surface area (TPSA) is 75.7 Å². The van der Waals surface area contributed by atoms with Crippen LogP contribution in [0.2, 0.25) is 5.02 Å². The van der Waals surface area contributed by atoms with Crippen LogP contribution in [0, 0.1) is 5.92 Å². The molecule has 112 valence electrons. The van der Waals surface area contributed by atoms with Gasteiger partial charge in [-0.25, -0.2) is 13.5 Å². The van der Waals surface area contributed by atoms with Crippen LogP contribution in [0.15, 0.2) is 29.4 Å². The second-order valence-corrected chi connectivity index (χ2v) is 7.79. The SMILES string of the molecule is O=S(=O)(CC1CCCC1)c1nc(-c2ccc(Cl)cc2)n[nH]1. The Balaban J connectivity index is 1.81. The van der Waals surface area contributed by atoms with Gasteiger partial charge in [0.2, 0.25) is 15.0 Å². The molecule has 0 spiro atoms. The summed E-state index contributed by atoms with van der Waals surface area (Å²) < 4.78 is 24.7. The summed E-state index contributed by atoms with van der Waals surface area (Å²) in [5, 5.41) is 7.12. The monoisotopic (exact) mass is 325 g/mol. The minimum atomic E-state index is -3.39. The maximum Gasteiger partial charge on any atom is 0.243 e. The molecule has 0 unspecified atom stereocenters. The van der Waals surface area contributed by atoms with Gasteiger partial charge in [-0.15, -0.1) is 0 Å². The number of hydrogen-bond acceptors (Lipinski definition) is 4. The van der Waals surface area contributed by atoms with Gasteiger partial charge in [0.15, 0.2) is 5.82 Å². The number of nitrogens with one attached hydrogen (secondary N) is 1. The van der Waals surface area contributed by atoms with E-state index in [1.54, 1.807) is 24.3 Å². The second-order valence-electron chi connectivity index (χ2n) is 5.40. The molecule has 21 heavy (non-hydrogen) atoms. The van der Waals surface area contributed by atoms with Crippen LogP contribution < -0.4 is 0 Å². The molecule has 2 aromatic rings. The minimum Gasteiger partial charge on any atom is -0.249 e.